The van der Waals surface area contributed by atoms with E-state index in [9.17, 15) is 4.79 Å². The van der Waals surface area contributed by atoms with Crippen LogP contribution in [-0.4, -0.2) is 28.2 Å². The molecule has 5 nitrogen and oxygen atoms in total. The molecule has 1 heterocycles. The van der Waals surface area contributed by atoms with Crippen molar-refractivity contribution in [3.05, 3.63) is 35.3 Å². The van der Waals surface area contributed by atoms with E-state index in [1.54, 1.807) is 7.11 Å². The minimum Gasteiger partial charge on any atom is -0.496 e. The summed E-state index contributed by atoms with van der Waals surface area (Å²) in [6.45, 7) is 3.87. The van der Waals surface area contributed by atoms with Crippen LogP contribution < -0.4 is 4.74 Å². The van der Waals surface area contributed by atoms with Gasteiger partial charge in [0.05, 0.1) is 13.4 Å². The average molecular weight is 246 g/mol. The molecule has 1 aromatic heterocycles. The van der Waals surface area contributed by atoms with Gasteiger partial charge >= 0.3 is 5.97 Å². The number of ether oxygens (including phenoxy) is 1. The third-order valence-corrected chi connectivity index (χ3v) is 2.73. The van der Waals surface area contributed by atoms with Crippen molar-refractivity contribution >= 4 is 5.97 Å². The maximum Gasteiger partial charge on any atom is 0.354 e. The third kappa shape index (κ3) is 1.95. The molecule has 1 aromatic carbocycles. The molecule has 5 heteroatoms. The van der Waals surface area contributed by atoms with E-state index in [1.807, 2.05) is 26.0 Å². The summed E-state index contributed by atoms with van der Waals surface area (Å²) >= 11 is 0. The molecule has 0 radical (unpaired) electrons. The third-order valence-electron chi connectivity index (χ3n) is 2.73. The second kappa shape index (κ2) is 4.52. The highest BCUT2D eigenvalue weighted by Gasteiger charge is 2.19. The first kappa shape index (κ1) is 12.2. The number of benzene rings is 1. The Morgan fingerprint density at radius 2 is 2.11 bits per heavy atom. The van der Waals surface area contributed by atoms with Gasteiger partial charge < -0.3 is 14.8 Å². The molecule has 0 aliphatic heterocycles. The summed E-state index contributed by atoms with van der Waals surface area (Å²) in [5, 5.41) is 9.11. The molecule has 0 bridgehead atoms. The van der Waals surface area contributed by atoms with Crippen LogP contribution in [0.1, 0.15) is 21.6 Å². The Bertz CT molecular complexity index is 602. The molecular weight excluding hydrogens is 232 g/mol. The van der Waals surface area contributed by atoms with Gasteiger partial charge in [0.2, 0.25) is 0 Å². The van der Waals surface area contributed by atoms with Gasteiger partial charge in [-0.05, 0) is 31.0 Å². The van der Waals surface area contributed by atoms with Crippen LogP contribution in [-0.2, 0) is 0 Å². The van der Waals surface area contributed by atoms with E-state index in [-0.39, 0.29) is 5.69 Å². The van der Waals surface area contributed by atoms with Crippen LogP contribution in [0, 0.1) is 13.8 Å². The number of carboxylic acids is 1. The van der Waals surface area contributed by atoms with E-state index < -0.39 is 5.97 Å². The van der Waals surface area contributed by atoms with Crippen molar-refractivity contribution < 1.29 is 14.6 Å². The number of carboxylic acid groups (broad SMARTS) is 1. The molecule has 2 aromatic rings. The zero-order valence-corrected chi connectivity index (χ0v) is 10.4. The average Bonchev–Trinajstić information content (AvgIpc) is 2.76. The molecule has 0 saturated heterocycles. The number of aryl methyl sites for hydroxylation is 2. The molecule has 0 unspecified atom stereocenters. The number of hydrogen-bond donors (Lipinski definition) is 2. The maximum atomic E-state index is 11.1. The Kier molecular flexibility index (Phi) is 3.06. The first-order valence-corrected chi connectivity index (χ1v) is 5.47. The van der Waals surface area contributed by atoms with Crippen LogP contribution in [0.25, 0.3) is 11.3 Å². The van der Waals surface area contributed by atoms with Crippen molar-refractivity contribution in [2.24, 2.45) is 0 Å². The summed E-state index contributed by atoms with van der Waals surface area (Å²) in [5.74, 6) is -0.390. The lowest BCUT2D eigenvalue weighted by atomic mass is 10.0. The van der Waals surface area contributed by atoms with Gasteiger partial charge in [-0.15, -0.1) is 0 Å². The lowest BCUT2D eigenvalue weighted by molar-refractivity contribution is 0.0692. The van der Waals surface area contributed by atoms with Crippen LogP contribution in [0.2, 0.25) is 0 Å². The Hall–Kier alpha value is -2.30. The van der Waals surface area contributed by atoms with Crippen molar-refractivity contribution in [3.8, 4) is 17.0 Å². The number of methoxy groups -OCH3 is 1. The van der Waals surface area contributed by atoms with Gasteiger partial charge in [-0.3, -0.25) is 0 Å². The summed E-state index contributed by atoms with van der Waals surface area (Å²) in [4.78, 5) is 17.8. The lowest BCUT2D eigenvalue weighted by Crippen LogP contribution is -2.01. The largest absolute Gasteiger partial charge is 0.496 e. The highest BCUT2D eigenvalue weighted by molar-refractivity contribution is 5.94. The van der Waals surface area contributed by atoms with E-state index in [0.717, 1.165) is 11.1 Å². The topological polar surface area (TPSA) is 75.2 Å². The molecule has 0 atom stereocenters. The zero-order chi connectivity index (χ0) is 13.3. The van der Waals surface area contributed by atoms with Gasteiger partial charge in [0.25, 0.3) is 0 Å². The van der Waals surface area contributed by atoms with E-state index in [0.29, 0.717) is 17.0 Å². The van der Waals surface area contributed by atoms with Crippen LogP contribution in [0.5, 0.6) is 5.75 Å². The van der Waals surface area contributed by atoms with Gasteiger partial charge in [0.1, 0.15) is 11.4 Å². The minimum absolute atomic E-state index is 0.0679. The fraction of sp³-hybridized carbons (Fsp3) is 0.231. The maximum absolute atomic E-state index is 11.1. The fourth-order valence-electron chi connectivity index (χ4n) is 2.06. The Morgan fingerprint density at radius 1 is 1.39 bits per heavy atom. The van der Waals surface area contributed by atoms with Crippen LogP contribution in [0.3, 0.4) is 0 Å². The Labute approximate surface area is 104 Å². The molecule has 0 aliphatic rings. The number of nitrogens with one attached hydrogen (secondary N) is 1. The monoisotopic (exact) mass is 246 g/mol. The van der Waals surface area contributed by atoms with E-state index in [4.69, 9.17) is 9.84 Å². The summed E-state index contributed by atoms with van der Waals surface area (Å²) in [5.41, 5.74) is 3.13. The number of H-pyrrole nitrogens is 1. The fourth-order valence-corrected chi connectivity index (χ4v) is 2.06. The molecule has 0 aliphatic carbocycles. The van der Waals surface area contributed by atoms with Gasteiger partial charge in [0, 0.05) is 5.56 Å². The molecule has 18 heavy (non-hydrogen) atoms. The Morgan fingerprint density at radius 3 is 2.72 bits per heavy atom. The molecule has 94 valence electrons. The first-order chi connectivity index (χ1) is 8.54. The number of imidazole rings is 1. The minimum atomic E-state index is -1.04. The summed E-state index contributed by atoms with van der Waals surface area (Å²) in [7, 11) is 1.56. The molecule has 0 spiro atoms. The van der Waals surface area contributed by atoms with E-state index >= 15 is 0 Å². The predicted molar refractivity (Wildman–Crippen MR) is 67.0 cm³/mol. The summed E-state index contributed by atoms with van der Waals surface area (Å²) in [6.07, 6.45) is 1.37. The van der Waals surface area contributed by atoms with E-state index in [1.165, 1.54) is 6.33 Å². The van der Waals surface area contributed by atoms with E-state index in [2.05, 4.69) is 9.97 Å². The standard InChI is InChI=1S/C13H14N2O3/c1-7-4-8(2)12(18-3)9(5-7)10-11(13(16)17)15-6-14-10/h4-6H,1-3H3,(H,14,15)(H,16,17). The van der Waals surface area contributed by atoms with Crippen LogP contribution in [0.4, 0.5) is 0 Å². The molecular formula is C13H14N2O3. The second-order valence-corrected chi connectivity index (χ2v) is 4.09. The normalized spacial score (nSPS) is 10.4. The second-order valence-electron chi connectivity index (χ2n) is 4.09. The number of nitrogens with zero attached hydrogens (tertiary/aromatic N) is 1. The summed E-state index contributed by atoms with van der Waals surface area (Å²) < 4.78 is 5.34. The number of rotatable bonds is 3. The smallest absolute Gasteiger partial charge is 0.354 e. The number of carbonyl (C=O) groups is 1. The lowest BCUT2D eigenvalue weighted by Gasteiger charge is -2.11. The van der Waals surface area contributed by atoms with Crippen molar-refractivity contribution in [2.75, 3.05) is 7.11 Å². The summed E-state index contributed by atoms with van der Waals surface area (Å²) in [6, 6.07) is 3.85. The van der Waals surface area contributed by atoms with Crippen molar-refractivity contribution in [1.82, 2.24) is 9.97 Å². The molecule has 0 saturated carbocycles. The molecule has 0 amide bonds. The number of hydrogen-bond acceptors (Lipinski definition) is 3. The van der Waals surface area contributed by atoms with Gasteiger partial charge in [-0.2, -0.15) is 0 Å². The zero-order valence-electron chi connectivity index (χ0n) is 10.4. The van der Waals surface area contributed by atoms with Gasteiger partial charge in [-0.1, -0.05) is 6.07 Å². The van der Waals surface area contributed by atoms with Gasteiger partial charge in [-0.25, -0.2) is 9.78 Å². The predicted octanol–water partition coefficient (Wildman–Crippen LogP) is 2.40. The van der Waals surface area contributed by atoms with Crippen LogP contribution in [0.15, 0.2) is 18.5 Å². The number of aromatic amines is 1. The SMILES string of the molecule is COc1c(C)cc(C)cc1-c1nc[nH]c1C(=O)O. The molecule has 0 fully saturated rings. The highest BCUT2D eigenvalue weighted by Crippen LogP contribution is 2.34. The molecule has 2 N–H and O–H groups in total. The highest BCUT2D eigenvalue weighted by atomic mass is 16.5. The Balaban J connectivity index is 2.70. The van der Waals surface area contributed by atoms with Gasteiger partial charge in [0.15, 0.2) is 5.69 Å². The number of aromatic carboxylic acids is 1. The van der Waals surface area contributed by atoms with Crippen molar-refractivity contribution in [3.63, 3.8) is 0 Å². The van der Waals surface area contributed by atoms with Crippen LogP contribution >= 0.6 is 0 Å². The van der Waals surface area contributed by atoms with Crippen molar-refractivity contribution in [2.45, 2.75) is 13.8 Å². The quantitative estimate of drug-likeness (QED) is 0.872. The first-order valence-electron chi connectivity index (χ1n) is 5.47. The number of aromatic nitrogens is 2. The molecule has 2 rings (SSSR count). The van der Waals surface area contributed by atoms with Crippen molar-refractivity contribution in [1.29, 1.82) is 0 Å².